The van der Waals surface area contributed by atoms with Crippen LogP contribution in [0.15, 0.2) is 0 Å². The molecule has 0 amide bonds. The number of rotatable bonds is 35. The summed E-state index contributed by atoms with van der Waals surface area (Å²) in [4.78, 5) is 87.4. The van der Waals surface area contributed by atoms with Crippen molar-refractivity contribution in [2.45, 2.75) is 215 Å². The Labute approximate surface area is 639 Å². The Kier molecular flexibility index (Phi) is 36.2. The molecule has 644 valence electrons. The van der Waals surface area contributed by atoms with Crippen LogP contribution >= 0.6 is 0 Å². The lowest BCUT2D eigenvalue weighted by Crippen LogP contribution is -2.70. The molecule has 0 aliphatic carbocycles. The fraction of sp³-hybridized carbons (Fsp3) is 0.889. The zero-order valence-electron chi connectivity index (χ0n) is 62.1. The third-order valence-corrected chi connectivity index (χ3v) is 19.5. The standard InChI is InChI=1S/C63H105N7O42/c1-85-43-36-22(8-64)99-57(50(43)92-15-29(71)72)107-37-23(9-65)101-59(52(44(37)86-2)94-17-31(75)76)109-39-25(11-67)103-61(54(46(39)88-4)96-19-33(79)80)111-41-27(13-69)105-63(56(48(41)90-6)98-21-35(83)84)112-42-28(14-70)104-62(55(49(42)91-7)97-20-34(81)82)110-40-26(12-68)102-60(53(47(40)89-5)95-18-32(77)78)108-38-24(10-66)100-58(106-36)51(45(38)87-3)93-16-30(73)74/h22-28,36-63H,8-21,64-70H2,1-7H3,(H,71,72)(H,73,74)(H,75,76)(H,77,78)(H,79,80)(H,81,82)(H,83,84)/t22-,23-,24-,25-,26-,27-,28-,36-,37-,38-,39-,40-,41-,42-,43+,44+,45+,46+,47+,48+,49+,50-,51-,52-,53-,54-,55-,56-,57-,58-,59-,60-,61-,62-,63-/m1/s1. The quantitative estimate of drug-likeness (QED) is 0.0280. The minimum atomic E-state index is -1.83. The molecule has 0 spiro atoms. The molecule has 0 aromatic rings. The van der Waals surface area contributed by atoms with Crippen molar-refractivity contribution in [2.75, 3.05) is 142 Å². The Morgan fingerprint density at radius 1 is 0.205 bits per heavy atom. The first-order valence-electron chi connectivity index (χ1n) is 35.3. The number of carbonyl (C=O) groups is 7. The van der Waals surface area contributed by atoms with Gasteiger partial charge in [0.1, 0.15) is 217 Å². The molecular formula is C63H105N7O42. The predicted octanol–water partition coefficient (Wildman–Crippen LogP) is -10.1. The molecule has 49 nitrogen and oxygen atoms in total. The number of nitrogens with two attached hydrogens (primary N) is 7. The van der Waals surface area contributed by atoms with Gasteiger partial charge in [0.05, 0.1) is 0 Å². The molecule has 21 heterocycles. The van der Waals surface area contributed by atoms with Crippen molar-refractivity contribution >= 4 is 41.8 Å². The fourth-order valence-corrected chi connectivity index (χ4v) is 14.8. The van der Waals surface area contributed by atoms with Gasteiger partial charge in [-0.25, -0.2) is 33.6 Å². The highest BCUT2D eigenvalue weighted by Gasteiger charge is 2.63. The number of hydrogen-bond acceptors (Lipinski definition) is 42. The first-order valence-corrected chi connectivity index (χ1v) is 35.3. The number of hydrogen-bond donors (Lipinski definition) is 14. The van der Waals surface area contributed by atoms with E-state index in [1.165, 1.54) is 49.8 Å². The van der Waals surface area contributed by atoms with E-state index < -0.39 is 349 Å². The number of methoxy groups -OCH3 is 7. The predicted molar refractivity (Wildman–Crippen MR) is 355 cm³/mol. The highest BCUT2D eigenvalue weighted by atomic mass is 16.8. The van der Waals surface area contributed by atoms with Gasteiger partial charge in [0.25, 0.3) is 0 Å². The lowest BCUT2D eigenvalue weighted by molar-refractivity contribution is -0.399. The summed E-state index contributed by atoms with van der Waals surface area (Å²) in [6.07, 6.45) is -57.1. The van der Waals surface area contributed by atoms with E-state index in [4.69, 9.17) is 173 Å². The molecule has 35 atom stereocenters. The van der Waals surface area contributed by atoms with E-state index in [-0.39, 0.29) is 0 Å². The maximum absolute atomic E-state index is 12.5. The summed E-state index contributed by atoms with van der Waals surface area (Å²) in [5, 5.41) is 71.0. The van der Waals surface area contributed by atoms with Crippen molar-refractivity contribution in [1.29, 1.82) is 0 Å². The number of aliphatic carboxylic acids is 7. The van der Waals surface area contributed by atoms with E-state index in [9.17, 15) is 69.3 Å². The molecule has 21 saturated heterocycles. The third-order valence-electron chi connectivity index (χ3n) is 19.5. The molecule has 0 unspecified atom stereocenters. The Morgan fingerprint density at radius 3 is 0.393 bits per heavy atom. The highest BCUT2D eigenvalue weighted by molar-refractivity contribution is 5.70. The number of ether oxygens (including phenoxy) is 28. The van der Waals surface area contributed by atoms with Gasteiger partial charge in [-0.3, -0.25) is 0 Å². The summed E-state index contributed by atoms with van der Waals surface area (Å²) in [7, 11) is 8.16. The van der Waals surface area contributed by atoms with Crippen molar-refractivity contribution in [2.24, 2.45) is 40.1 Å². The van der Waals surface area contributed by atoms with Gasteiger partial charge in [-0.05, 0) is 0 Å². The molecule has 0 aromatic carbocycles. The maximum Gasteiger partial charge on any atom is 0.329 e. The first kappa shape index (κ1) is 92.4. The number of carboxylic acid groups (broad SMARTS) is 7. The minimum Gasteiger partial charge on any atom is -0.480 e. The monoisotopic (exact) mass is 1630 g/mol. The van der Waals surface area contributed by atoms with Gasteiger partial charge < -0.3 is 209 Å². The number of carboxylic acids is 7. The van der Waals surface area contributed by atoms with Gasteiger partial charge >= 0.3 is 41.8 Å². The average molecular weight is 1630 g/mol. The molecule has 0 aromatic heterocycles. The van der Waals surface area contributed by atoms with Crippen LogP contribution in [0.3, 0.4) is 0 Å². The molecule has 21 N–H and O–H groups in total. The Hall–Kier alpha value is -5.11. The Morgan fingerprint density at radius 2 is 0.312 bits per heavy atom. The largest absolute Gasteiger partial charge is 0.480 e. The van der Waals surface area contributed by atoms with Gasteiger partial charge in [0.2, 0.25) is 0 Å². The summed E-state index contributed by atoms with van der Waals surface area (Å²) in [6, 6.07) is 0. The van der Waals surface area contributed by atoms with Gasteiger partial charge in [-0.2, -0.15) is 0 Å². The normalized spacial score (nSPS) is 41.5. The third kappa shape index (κ3) is 22.2. The lowest BCUT2D eigenvalue weighted by Gasteiger charge is -2.52. The summed E-state index contributed by atoms with van der Waals surface area (Å²) in [5.41, 5.74) is 45.4. The van der Waals surface area contributed by atoms with Gasteiger partial charge in [-0.1, -0.05) is 0 Å². The van der Waals surface area contributed by atoms with Crippen LogP contribution in [-0.2, 0) is 166 Å². The second-order valence-corrected chi connectivity index (χ2v) is 26.2. The first-order chi connectivity index (χ1) is 53.7. The average Bonchev–Trinajstić information content (AvgIpc) is 0.766. The SMILES string of the molecule is CO[C@@H]1[C@@H](OCC(=O)O)[C@H]2O[C@H]3[C@H](OC)[C@@H](OCC(=O)O)[C@@H](O[C@H]4[C@H](OC)[C@@H](OCC(=O)O)[C@@H](O[C@H]5[C@H](OC)[C@@H](OCC(=O)O)[C@@H](O[C@H]6[C@H](OC)[C@@H](OCC(=O)O)[C@@H](O[C@H]7[C@H](OC)[C@@H](OCC(=O)O)[C@@H](O[C@H]8[C@H](OC)[C@@H](OCC(=O)O)[C@@H](O[C@@H]1[C@@H](CN)O2)O[C@@H]8CN)O[C@@H]7CN)O[C@@H]6CN)O[C@@H]5CN)O[C@@H]4CN)O[C@@H]3CN. The molecule has 112 heavy (non-hydrogen) atoms. The molecule has 49 heteroatoms. The molecule has 0 saturated carbocycles. The van der Waals surface area contributed by atoms with Crippen LogP contribution in [0.4, 0.5) is 0 Å². The van der Waals surface area contributed by atoms with Crippen molar-refractivity contribution in [3.8, 4) is 0 Å². The Balaban J connectivity index is 1.31. The van der Waals surface area contributed by atoms with E-state index >= 15 is 0 Å². The van der Waals surface area contributed by atoms with Gasteiger partial charge in [0, 0.05) is 95.6 Å². The van der Waals surface area contributed by atoms with Gasteiger partial charge in [0.15, 0.2) is 44.0 Å². The molecule has 21 rings (SSSR count). The summed E-state index contributed by atoms with van der Waals surface area (Å²) in [5.74, 6) is -10.7. The molecule has 21 fully saturated rings. The van der Waals surface area contributed by atoms with E-state index in [0.29, 0.717) is 0 Å². The van der Waals surface area contributed by atoms with Crippen molar-refractivity contribution < 1.29 is 202 Å². The molecule has 0 radical (unpaired) electrons. The van der Waals surface area contributed by atoms with Crippen molar-refractivity contribution in [3.05, 3.63) is 0 Å². The van der Waals surface area contributed by atoms with Crippen molar-refractivity contribution in [1.82, 2.24) is 0 Å². The second-order valence-electron chi connectivity index (χ2n) is 26.2. The Bertz CT molecular complexity index is 2440. The summed E-state index contributed by atoms with van der Waals surface area (Å²) < 4.78 is 177. The van der Waals surface area contributed by atoms with Crippen LogP contribution in [0.2, 0.25) is 0 Å². The maximum atomic E-state index is 12.5. The van der Waals surface area contributed by atoms with Crippen LogP contribution in [0, 0.1) is 0 Å². The molecule has 21 aliphatic heterocycles. The fourth-order valence-electron chi connectivity index (χ4n) is 14.8. The van der Waals surface area contributed by atoms with Crippen LogP contribution in [0.25, 0.3) is 0 Å². The zero-order valence-corrected chi connectivity index (χ0v) is 62.1. The molecule has 14 bridgehead atoms. The van der Waals surface area contributed by atoms with E-state index in [2.05, 4.69) is 0 Å². The van der Waals surface area contributed by atoms with E-state index in [1.54, 1.807) is 0 Å². The minimum absolute atomic E-state index is 0.506. The molecular weight excluding hydrogens is 1530 g/mol. The highest BCUT2D eigenvalue weighted by Crippen LogP contribution is 2.43. The van der Waals surface area contributed by atoms with E-state index in [1.807, 2.05) is 0 Å². The molecule has 21 aliphatic rings. The van der Waals surface area contributed by atoms with Crippen molar-refractivity contribution in [3.63, 3.8) is 0 Å². The van der Waals surface area contributed by atoms with Crippen LogP contribution in [-0.4, -0.2) is 434 Å². The second kappa shape index (κ2) is 43.9. The summed E-state index contributed by atoms with van der Waals surface area (Å²) >= 11 is 0. The topological polar surface area (TPSA) is 702 Å². The summed E-state index contributed by atoms with van der Waals surface area (Å²) in [6.45, 7) is -11.1. The van der Waals surface area contributed by atoms with E-state index in [0.717, 1.165) is 0 Å². The zero-order chi connectivity index (χ0) is 81.9. The lowest BCUT2D eigenvalue weighted by atomic mass is 9.94. The smallest absolute Gasteiger partial charge is 0.329 e. The van der Waals surface area contributed by atoms with Crippen LogP contribution in [0.5, 0.6) is 0 Å². The van der Waals surface area contributed by atoms with Gasteiger partial charge in [-0.15, -0.1) is 0 Å². The van der Waals surface area contributed by atoms with Crippen LogP contribution < -0.4 is 40.1 Å². The van der Waals surface area contributed by atoms with Crippen LogP contribution in [0.1, 0.15) is 0 Å².